The number of benzene rings is 1. The molecule has 7 heteroatoms. The Kier molecular flexibility index (Phi) is 5.47. The van der Waals surface area contributed by atoms with Gasteiger partial charge in [0.25, 0.3) is 0 Å². The molecule has 0 radical (unpaired) electrons. The number of thiocarbonyl (C=S) groups is 1. The largest absolute Gasteiger partial charge is 0.550 e. The van der Waals surface area contributed by atoms with Crippen molar-refractivity contribution in [3.05, 3.63) is 28.2 Å². The second kappa shape index (κ2) is 6.64. The third kappa shape index (κ3) is 5.21. The van der Waals surface area contributed by atoms with Crippen LogP contribution in [0.4, 0.5) is 5.69 Å². The van der Waals surface area contributed by atoms with Gasteiger partial charge in [0, 0.05) is 24.0 Å². The van der Waals surface area contributed by atoms with Gasteiger partial charge in [-0.25, -0.2) is 0 Å². The van der Waals surface area contributed by atoms with Crippen molar-refractivity contribution in [2.75, 3.05) is 11.9 Å². The van der Waals surface area contributed by atoms with Crippen LogP contribution in [0.25, 0.3) is 0 Å². The molecule has 1 aromatic rings. The molecule has 92 valence electrons. The number of carboxylic acids is 1. The Morgan fingerprint density at radius 1 is 1.41 bits per heavy atom. The van der Waals surface area contributed by atoms with Gasteiger partial charge in [0.05, 0.1) is 10.7 Å². The number of carboxylic acid groups (broad SMARTS) is 1. The Hall–Kier alpha value is -1.04. The molecular formula is C10H9Cl2N2O2S-. The highest BCUT2D eigenvalue weighted by Crippen LogP contribution is 2.25. The number of anilines is 1. The van der Waals surface area contributed by atoms with Crippen LogP contribution in [-0.2, 0) is 4.79 Å². The minimum Gasteiger partial charge on any atom is -0.550 e. The molecule has 1 aromatic carbocycles. The van der Waals surface area contributed by atoms with E-state index in [4.69, 9.17) is 35.4 Å². The third-order valence-electron chi connectivity index (χ3n) is 1.79. The molecule has 0 spiro atoms. The van der Waals surface area contributed by atoms with Crippen LogP contribution in [0.2, 0.25) is 10.0 Å². The minimum absolute atomic E-state index is 0.120. The fourth-order valence-corrected chi connectivity index (χ4v) is 1.59. The molecule has 0 heterocycles. The SMILES string of the molecule is O=C([O-])CCNC(=S)Nc1cc(Cl)ccc1Cl. The van der Waals surface area contributed by atoms with E-state index in [-0.39, 0.29) is 18.1 Å². The van der Waals surface area contributed by atoms with Gasteiger partial charge >= 0.3 is 0 Å². The van der Waals surface area contributed by atoms with Gasteiger partial charge in [0.2, 0.25) is 0 Å². The van der Waals surface area contributed by atoms with Gasteiger partial charge in [-0.1, -0.05) is 23.2 Å². The number of hydrogen-bond donors (Lipinski definition) is 2. The average Bonchev–Trinajstić information content (AvgIpc) is 2.23. The summed E-state index contributed by atoms with van der Waals surface area (Å²) in [7, 11) is 0. The molecule has 0 aromatic heterocycles. The molecule has 0 aliphatic carbocycles. The van der Waals surface area contributed by atoms with Gasteiger partial charge in [-0.3, -0.25) is 0 Å². The average molecular weight is 292 g/mol. The highest BCUT2D eigenvalue weighted by Gasteiger charge is 2.03. The van der Waals surface area contributed by atoms with Gasteiger partial charge in [0.1, 0.15) is 0 Å². The van der Waals surface area contributed by atoms with Crippen LogP contribution in [-0.4, -0.2) is 17.6 Å². The van der Waals surface area contributed by atoms with Crippen molar-refractivity contribution in [2.24, 2.45) is 0 Å². The zero-order valence-electron chi connectivity index (χ0n) is 8.63. The second-order valence-electron chi connectivity index (χ2n) is 3.13. The number of aliphatic carboxylic acids is 1. The standard InChI is InChI=1S/C10H10Cl2N2O2S/c11-6-1-2-7(12)8(5-6)14-10(17)13-4-3-9(15)16/h1-2,5H,3-4H2,(H,15,16)(H2,13,14,17)/p-1. The van der Waals surface area contributed by atoms with E-state index in [1.54, 1.807) is 18.2 Å². The third-order valence-corrected chi connectivity index (χ3v) is 2.60. The summed E-state index contributed by atoms with van der Waals surface area (Å²) >= 11 is 16.7. The molecule has 0 bridgehead atoms. The molecule has 17 heavy (non-hydrogen) atoms. The van der Waals surface area contributed by atoms with Gasteiger partial charge in [-0.2, -0.15) is 0 Å². The van der Waals surface area contributed by atoms with Crippen LogP contribution in [0.15, 0.2) is 18.2 Å². The number of carbonyl (C=O) groups is 1. The molecule has 0 saturated heterocycles. The van der Waals surface area contributed by atoms with Crippen LogP contribution in [0.5, 0.6) is 0 Å². The van der Waals surface area contributed by atoms with Gasteiger partial charge in [0.15, 0.2) is 5.11 Å². The number of nitrogens with one attached hydrogen (secondary N) is 2. The lowest BCUT2D eigenvalue weighted by atomic mass is 10.3. The summed E-state index contributed by atoms with van der Waals surface area (Å²) in [5, 5.41) is 17.0. The van der Waals surface area contributed by atoms with Crippen molar-refractivity contribution in [3.8, 4) is 0 Å². The summed E-state index contributed by atoms with van der Waals surface area (Å²) in [6, 6.07) is 4.91. The summed E-state index contributed by atoms with van der Waals surface area (Å²) in [6.45, 7) is 0.187. The molecule has 1 rings (SSSR count). The highest BCUT2D eigenvalue weighted by molar-refractivity contribution is 7.80. The Bertz CT molecular complexity index is 440. The quantitative estimate of drug-likeness (QED) is 0.822. The molecule has 0 unspecified atom stereocenters. The fraction of sp³-hybridized carbons (Fsp3) is 0.200. The second-order valence-corrected chi connectivity index (χ2v) is 4.38. The molecule has 0 amide bonds. The number of rotatable bonds is 4. The lowest BCUT2D eigenvalue weighted by Gasteiger charge is -2.12. The maximum Gasteiger partial charge on any atom is 0.170 e. The lowest BCUT2D eigenvalue weighted by molar-refractivity contribution is -0.305. The van der Waals surface area contributed by atoms with Crippen molar-refractivity contribution >= 4 is 52.2 Å². The lowest BCUT2D eigenvalue weighted by Crippen LogP contribution is -2.33. The van der Waals surface area contributed by atoms with Crippen LogP contribution >= 0.6 is 35.4 Å². The summed E-state index contributed by atoms with van der Waals surface area (Å²) in [4.78, 5) is 10.2. The van der Waals surface area contributed by atoms with E-state index in [0.29, 0.717) is 15.7 Å². The van der Waals surface area contributed by atoms with E-state index in [1.165, 1.54) is 0 Å². The summed E-state index contributed by atoms with van der Waals surface area (Å²) in [5.41, 5.74) is 0.560. The Labute approximate surface area is 114 Å². The van der Waals surface area contributed by atoms with Gasteiger partial charge in [-0.15, -0.1) is 0 Å². The van der Waals surface area contributed by atoms with E-state index in [0.717, 1.165) is 0 Å². The molecule has 0 saturated carbocycles. The molecule has 0 atom stereocenters. The van der Waals surface area contributed by atoms with Crippen LogP contribution in [0.1, 0.15) is 6.42 Å². The maximum atomic E-state index is 10.2. The maximum absolute atomic E-state index is 10.2. The first-order chi connectivity index (χ1) is 7.99. The van der Waals surface area contributed by atoms with Crippen LogP contribution < -0.4 is 15.7 Å². The molecule has 0 aliphatic rings. The van der Waals surface area contributed by atoms with Crippen LogP contribution in [0.3, 0.4) is 0 Å². The summed E-state index contributed by atoms with van der Waals surface area (Å²) in [5.74, 6) is -1.14. The van der Waals surface area contributed by atoms with Crippen molar-refractivity contribution in [2.45, 2.75) is 6.42 Å². The summed E-state index contributed by atoms with van der Waals surface area (Å²) in [6.07, 6.45) is -0.120. The van der Waals surface area contributed by atoms with E-state index in [9.17, 15) is 9.90 Å². The van der Waals surface area contributed by atoms with Gasteiger partial charge < -0.3 is 20.5 Å². The van der Waals surface area contributed by atoms with Crippen molar-refractivity contribution in [1.82, 2.24) is 5.32 Å². The smallest absolute Gasteiger partial charge is 0.170 e. The number of hydrogen-bond acceptors (Lipinski definition) is 3. The topological polar surface area (TPSA) is 64.2 Å². The molecule has 4 nitrogen and oxygen atoms in total. The monoisotopic (exact) mass is 291 g/mol. The van der Waals surface area contributed by atoms with Crippen molar-refractivity contribution in [3.63, 3.8) is 0 Å². The normalized spacial score (nSPS) is 9.76. The summed E-state index contributed by atoms with van der Waals surface area (Å²) < 4.78 is 0. The first-order valence-corrected chi connectivity index (χ1v) is 5.85. The Balaban J connectivity index is 2.50. The predicted octanol–water partition coefficient (Wildman–Crippen LogP) is 1.42. The number of halogens is 2. The van der Waals surface area contributed by atoms with Crippen molar-refractivity contribution in [1.29, 1.82) is 0 Å². The predicted molar refractivity (Wildman–Crippen MR) is 70.3 cm³/mol. The van der Waals surface area contributed by atoms with Crippen molar-refractivity contribution < 1.29 is 9.90 Å². The molecule has 0 aliphatic heterocycles. The van der Waals surface area contributed by atoms with E-state index < -0.39 is 5.97 Å². The Morgan fingerprint density at radius 3 is 2.76 bits per heavy atom. The molecular weight excluding hydrogens is 283 g/mol. The van der Waals surface area contributed by atoms with E-state index >= 15 is 0 Å². The minimum atomic E-state index is -1.14. The fourth-order valence-electron chi connectivity index (χ4n) is 1.04. The number of carbonyl (C=O) groups excluding carboxylic acids is 1. The van der Waals surface area contributed by atoms with Gasteiger partial charge in [-0.05, 0) is 30.4 Å². The van der Waals surface area contributed by atoms with E-state index in [2.05, 4.69) is 10.6 Å². The Morgan fingerprint density at radius 2 is 2.12 bits per heavy atom. The van der Waals surface area contributed by atoms with E-state index in [1.807, 2.05) is 0 Å². The first-order valence-electron chi connectivity index (χ1n) is 4.69. The highest BCUT2D eigenvalue weighted by atomic mass is 35.5. The van der Waals surface area contributed by atoms with Crippen LogP contribution in [0, 0.1) is 0 Å². The first kappa shape index (κ1) is 14.0. The zero-order valence-corrected chi connectivity index (χ0v) is 11.0. The molecule has 2 N–H and O–H groups in total. The zero-order chi connectivity index (χ0) is 12.8. The molecule has 0 fully saturated rings.